The highest BCUT2D eigenvalue weighted by Gasteiger charge is 2.12. The summed E-state index contributed by atoms with van der Waals surface area (Å²) in [4.78, 5) is 0. The van der Waals surface area contributed by atoms with Crippen LogP contribution >= 0.6 is 11.3 Å². The van der Waals surface area contributed by atoms with Crippen molar-refractivity contribution in [1.29, 1.82) is 0 Å². The van der Waals surface area contributed by atoms with Gasteiger partial charge in [0.1, 0.15) is 5.82 Å². The maximum absolute atomic E-state index is 13.8. The molecule has 3 aromatic rings. The standard InChI is InChI=1S/C14H10FNS/c15-13-6-8-16(12-4-2-1-3-5-12)14(13)11-7-9-17-10-11/h1-10H. The van der Waals surface area contributed by atoms with Gasteiger partial charge in [0.05, 0.1) is 5.69 Å². The molecule has 2 heterocycles. The second-order valence-electron chi connectivity index (χ2n) is 3.73. The third-order valence-corrected chi connectivity index (χ3v) is 3.35. The first kappa shape index (κ1) is 10.3. The van der Waals surface area contributed by atoms with Gasteiger partial charge >= 0.3 is 0 Å². The van der Waals surface area contributed by atoms with Gasteiger partial charge in [-0.1, -0.05) is 18.2 Å². The summed E-state index contributed by atoms with van der Waals surface area (Å²) in [6.07, 6.45) is 1.76. The first-order valence-corrected chi connectivity index (χ1v) is 6.25. The van der Waals surface area contributed by atoms with Gasteiger partial charge in [0.2, 0.25) is 0 Å². The van der Waals surface area contributed by atoms with Crippen molar-refractivity contribution >= 4 is 11.3 Å². The topological polar surface area (TPSA) is 4.93 Å². The van der Waals surface area contributed by atoms with Gasteiger partial charge in [-0.05, 0) is 29.6 Å². The predicted octanol–water partition coefficient (Wildman–Crippen LogP) is 4.34. The number of nitrogens with zero attached hydrogens (tertiary/aromatic N) is 1. The number of thiophene rings is 1. The number of rotatable bonds is 2. The summed E-state index contributed by atoms with van der Waals surface area (Å²) in [6, 6.07) is 13.2. The van der Waals surface area contributed by atoms with E-state index in [1.54, 1.807) is 17.5 Å². The Labute approximate surface area is 103 Å². The summed E-state index contributed by atoms with van der Waals surface area (Å²) in [5, 5.41) is 3.91. The van der Waals surface area contributed by atoms with Crippen LogP contribution in [0, 0.1) is 5.82 Å². The van der Waals surface area contributed by atoms with Crippen molar-refractivity contribution in [2.75, 3.05) is 0 Å². The number of hydrogen-bond acceptors (Lipinski definition) is 1. The van der Waals surface area contributed by atoms with Crippen molar-refractivity contribution in [3.05, 3.63) is 65.2 Å². The van der Waals surface area contributed by atoms with E-state index in [0.717, 1.165) is 11.3 Å². The van der Waals surface area contributed by atoms with E-state index < -0.39 is 0 Å². The van der Waals surface area contributed by atoms with E-state index >= 15 is 0 Å². The van der Waals surface area contributed by atoms with Crippen LogP contribution < -0.4 is 0 Å². The van der Waals surface area contributed by atoms with Crippen LogP contribution in [0.3, 0.4) is 0 Å². The molecule has 0 atom stereocenters. The maximum Gasteiger partial charge on any atom is 0.149 e. The van der Waals surface area contributed by atoms with Gasteiger partial charge in [-0.15, -0.1) is 0 Å². The molecule has 0 aliphatic heterocycles. The second kappa shape index (κ2) is 4.18. The summed E-state index contributed by atoms with van der Waals surface area (Å²) in [7, 11) is 0. The van der Waals surface area contributed by atoms with E-state index in [1.165, 1.54) is 6.07 Å². The van der Waals surface area contributed by atoms with E-state index in [-0.39, 0.29) is 5.82 Å². The largest absolute Gasteiger partial charge is 0.314 e. The molecule has 0 radical (unpaired) electrons. The van der Waals surface area contributed by atoms with E-state index in [4.69, 9.17) is 0 Å². The molecule has 2 aromatic heterocycles. The van der Waals surface area contributed by atoms with Crippen LogP contribution in [0.1, 0.15) is 0 Å². The molecule has 1 aromatic carbocycles. The number of para-hydroxylation sites is 1. The number of halogens is 1. The third kappa shape index (κ3) is 1.78. The number of benzene rings is 1. The first-order chi connectivity index (χ1) is 8.36. The Bertz CT molecular complexity index is 611. The Hall–Kier alpha value is -1.87. The molecule has 0 saturated heterocycles. The Morgan fingerprint density at radius 3 is 2.53 bits per heavy atom. The fraction of sp³-hybridized carbons (Fsp3) is 0. The van der Waals surface area contributed by atoms with E-state index in [0.29, 0.717) is 5.69 Å². The third-order valence-electron chi connectivity index (χ3n) is 2.67. The normalized spacial score (nSPS) is 10.6. The van der Waals surface area contributed by atoms with Crippen molar-refractivity contribution in [2.24, 2.45) is 0 Å². The Balaban J connectivity index is 2.20. The van der Waals surface area contributed by atoms with Crippen LogP contribution in [0.5, 0.6) is 0 Å². The van der Waals surface area contributed by atoms with E-state index in [1.807, 2.05) is 51.7 Å². The highest BCUT2D eigenvalue weighted by molar-refractivity contribution is 7.08. The van der Waals surface area contributed by atoms with Crippen LogP contribution in [0.15, 0.2) is 59.4 Å². The lowest BCUT2D eigenvalue weighted by atomic mass is 10.2. The van der Waals surface area contributed by atoms with Crippen LogP contribution in [0.2, 0.25) is 0 Å². The smallest absolute Gasteiger partial charge is 0.149 e. The molecule has 0 amide bonds. The molecule has 0 aliphatic carbocycles. The Morgan fingerprint density at radius 2 is 1.82 bits per heavy atom. The second-order valence-corrected chi connectivity index (χ2v) is 4.51. The molecule has 0 bridgehead atoms. The van der Waals surface area contributed by atoms with Crippen LogP contribution in [0.25, 0.3) is 16.9 Å². The van der Waals surface area contributed by atoms with Crippen LogP contribution in [-0.4, -0.2) is 4.57 Å². The lowest BCUT2D eigenvalue weighted by molar-refractivity contribution is 0.631. The van der Waals surface area contributed by atoms with Gasteiger partial charge in [0.25, 0.3) is 0 Å². The molecule has 3 heteroatoms. The minimum absolute atomic E-state index is 0.188. The SMILES string of the molecule is Fc1ccn(-c2ccccc2)c1-c1ccsc1. The lowest BCUT2D eigenvalue weighted by Gasteiger charge is -2.07. The predicted molar refractivity (Wildman–Crippen MR) is 69.0 cm³/mol. The summed E-state index contributed by atoms with van der Waals surface area (Å²) in [5.74, 6) is -0.188. The molecule has 0 N–H and O–H groups in total. The zero-order valence-corrected chi connectivity index (χ0v) is 9.82. The van der Waals surface area contributed by atoms with Crippen molar-refractivity contribution in [3.8, 4) is 16.9 Å². The molecule has 0 unspecified atom stereocenters. The van der Waals surface area contributed by atoms with Crippen LogP contribution in [-0.2, 0) is 0 Å². The molecule has 84 valence electrons. The van der Waals surface area contributed by atoms with Crippen LogP contribution in [0.4, 0.5) is 4.39 Å². The fourth-order valence-electron chi connectivity index (χ4n) is 1.89. The fourth-order valence-corrected chi connectivity index (χ4v) is 2.53. The molecule has 0 saturated carbocycles. The van der Waals surface area contributed by atoms with Gasteiger partial charge in [-0.3, -0.25) is 0 Å². The molecule has 17 heavy (non-hydrogen) atoms. The zero-order chi connectivity index (χ0) is 11.7. The summed E-state index contributed by atoms with van der Waals surface area (Å²) in [5.41, 5.74) is 2.51. The monoisotopic (exact) mass is 243 g/mol. The van der Waals surface area contributed by atoms with Gasteiger partial charge in [0.15, 0.2) is 0 Å². The quantitative estimate of drug-likeness (QED) is 0.630. The summed E-state index contributed by atoms with van der Waals surface area (Å²) in [6.45, 7) is 0. The molecular weight excluding hydrogens is 233 g/mol. The van der Waals surface area contributed by atoms with Crippen molar-refractivity contribution < 1.29 is 4.39 Å². The van der Waals surface area contributed by atoms with Crippen molar-refractivity contribution in [3.63, 3.8) is 0 Å². The van der Waals surface area contributed by atoms with E-state index in [9.17, 15) is 4.39 Å². The first-order valence-electron chi connectivity index (χ1n) is 5.31. The molecule has 3 rings (SSSR count). The van der Waals surface area contributed by atoms with Gasteiger partial charge in [-0.2, -0.15) is 11.3 Å². The average molecular weight is 243 g/mol. The minimum atomic E-state index is -0.188. The van der Waals surface area contributed by atoms with Gasteiger partial charge in [0, 0.05) is 22.8 Å². The number of aromatic nitrogens is 1. The molecule has 0 fully saturated rings. The van der Waals surface area contributed by atoms with Crippen molar-refractivity contribution in [2.45, 2.75) is 0 Å². The molecule has 0 spiro atoms. The summed E-state index contributed by atoms with van der Waals surface area (Å²) >= 11 is 1.57. The zero-order valence-electron chi connectivity index (χ0n) is 9.01. The Morgan fingerprint density at radius 1 is 1.00 bits per heavy atom. The van der Waals surface area contributed by atoms with Gasteiger partial charge in [-0.25, -0.2) is 4.39 Å². The lowest BCUT2D eigenvalue weighted by Crippen LogP contribution is -1.94. The highest BCUT2D eigenvalue weighted by Crippen LogP contribution is 2.28. The highest BCUT2D eigenvalue weighted by atomic mass is 32.1. The maximum atomic E-state index is 13.8. The molecule has 0 aliphatic rings. The number of hydrogen-bond donors (Lipinski definition) is 0. The summed E-state index contributed by atoms with van der Waals surface area (Å²) < 4.78 is 15.7. The molecular formula is C14H10FNS. The van der Waals surface area contributed by atoms with E-state index in [2.05, 4.69) is 0 Å². The average Bonchev–Trinajstić information content (AvgIpc) is 2.99. The molecule has 1 nitrogen and oxygen atoms in total. The van der Waals surface area contributed by atoms with Crippen molar-refractivity contribution in [1.82, 2.24) is 4.57 Å². The minimum Gasteiger partial charge on any atom is -0.314 e. The Kier molecular flexibility index (Phi) is 2.53. The van der Waals surface area contributed by atoms with Gasteiger partial charge < -0.3 is 4.57 Å².